The number of anilines is 1. The van der Waals surface area contributed by atoms with E-state index in [1.807, 2.05) is 12.1 Å². The molecule has 1 aromatic carbocycles. The summed E-state index contributed by atoms with van der Waals surface area (Å²) >= 11 is 5.29. The van der Waals surface area contributed by atoms with Gasteiger partial charge in [0.05, 0.1) is 12.2 Å². The molecule has 1 aliphatic rings. The summed E-state index contributed by atoms with van der Waals surface area (Å²) in [4.78, 5) is 11.7. The Labute approximate surface area is 124 Å². The van der Waals surface area contributed by atoms with Gasteiger partial charge in [-0.05, 0) is 50.2 Å². The minimum atomic E-state index is -0.314. The number of benzene rings is 1. The molecule has 1 fully saturated rings. The molecule has 0 atom stereocenters. The molecule has 0 unspecified atom stereocenters. The molecule has 0 heterocycles. The van der Waals surface area contributed by atoms with E-state index < -0.39 is 0 Å². The first kappa shape index (κ1) is 14.8. The van der Waals surface area contributed by atoms with Crippen molar-refractivity contribution in [2.75, 3.05) is 11.9 Å². The van der Waals surface area contributed by atoms with E-state index in [1.165, 1.54) is 25.7 Å². The molecule has 5 heteroatoms. The molecular weight excluding hydrogens is 272 g/mol. The van der Waals surface area contributed by atoms with E-state index in [-0.39, 0.29) is 5.97 Å². The predicted octanol–water partition coefficient (Wildman–Crippen LogP) is 3.09. The van der Waals surface area contributed by atoms with Gasteiger partial charge in [0.2, 0.25) is 0 Å². The number of rotatable bonds is 4. The zero-order valence-electron chi connectivity index (χ0n) is 11.6. The minimum absolute atomic E-state index is 0.314. The minimum Gasteiger partial charge on any atom is -0.462 e. The summed E-state index contributed by atoms with van der Waals surface area (Å²) in [5, 5.41) is 7.03. The van der Waals surface area contributed by atoms with E-state index in [0.29, 0.717) is 23.3 Å². The van der Waals surface area contributed by atoms with Gasteiger partial charge >= 0.3 is 5.97 Å². The second-order valence-corrected chi connectivity index (χ2v) is 5.29. The van der Waals surface area contributed by atoms with Crippen molar-refractivity contribution < 1.29 is 9.53 Å². The van der Waals surface area contributed by atoms with Gasteiger partial charge in [-0.2, -0.15) is 0 Å². The lowest BCUT2D eigenvalue weighted by Crippen LogP contribution is -2.35. The number of carbonyl (C=O) groups excluding carboxylic acids is 1. The average molecular weight is 292 g/mol. The van der Waals surface area contributed by atoms with Crippen LogP contribution < -0.4 is 10.6 Å². The number of hydrogen-bond donors (Lipinski definition) is 2. The molecule has 0 saturated heterocycles. The maximum Gasteiger partial charge on any atom is 0.338 e. The van der Waals surface area contributed by atoms with E-state index in [2.05, 4.69) is 10.6 Å². The normalized spacial score (nSPS) is 14.8. The Hall–Kier alpha value is -1.62. The number of ether oxygens (including phenoxy) is 1. The van der Waals surface area contributed by atoms with Crippen LogP contribution in [0, 0.1) is 0 Å². The monoisotopic (exact) mass is 292 g/mol. The van der Waals surface area contributed by atoms with Crippen molar-refractivity contribution in [2.24, 2.45) is 0 Å². The Kier molecular flexibility index (Phi) is 5.35. The van der Waals surface area contributed by atoms with Crippen LogP contribution in [0.15, 0.2) is 24.3 Å². The lowest BCUT2D eigenvalue weighted by atomic mass is 10.2. The van der Waals surface area contributed by atoms with Crippen LogP contribution in [-0.4, -0.2) is 23.7 Å². The highest BCUT2D eigenvalue weighted by molar-refractivity contribution is 7.80. The van der Waals surface area contributed by atoms with Gasteiger partial charge < -0.3 is 15.4 Å². The SMILES string of the molecule is CCOC(=O)c1cccc(NC(=S)NC2CCCC2)c1. The highest BCUT2D eigenvalue weighted by Gasteiger charge is 2.15. The number of carbonyl (C=O) groups is 1. The van der Waals surface area contributed by atoms with Crippen molar-refractivity contribution in [1.29, 1.82) is 0 Å². The smallest absolute Gasteiger partial charge is 0.338 e. The second kappa shape index (κ2) is 7.24. The first-order chi connectivity index (χ1) is 9.69. The van der Waals surface area contributed by atoms with Crippen LogP contribution in [0.4, 0.5) is 5.69 Å². The fourth-order valence-electron chi connectivity index (χ4n) is 2.36. The van der Waals surface area contributed by atoms with Gasteiger partial charge in [-0.25, -0.2) is 4.79 Å². The molecule has 0 aliphatic heterocycles. The molecule has 1 aliphatic carbocycles. The van der Waals surface area contributed by atoms with Gasteiger partial charge in [-0.15, -0.1) is 0 Å². The Morgan fingerprint density at radius 3 is 2.85 bits per heavy atom. The first-order valence-corrected chi connectivity index (χ1v) is 7.44. The zero-order chi connectivity index (χ0) is 14.4. The quantitative estimate of drug-likeness (QED) is 0.660. The topological polar surface area (TPSA) is 50.4 Å². The molecule has 2 N–H and O–H groups in total. The Morgan fingerprint density at radius 2 is 2.15 bits per heavy atom. The number of esters is 1. The molecule has 2 rings (SSSR count). The molecule has 0 bridgehead atoms. The maximum atomic E-state index is 11.7. The van der Waals surface area contributed by atoms with Crippen LogP contribution in [0.3, 0.4) is 0 Å². The fraction of sp³-hybridized carbons (Fsp3) is 0.467. The Bertz CT molecular complexity index is 485. The number of thiocarbonyl (C=S) groups is 1. The molecule has 0 radical (unpaired) electrons. The van der Waals surface area contributed by atoms with E-state index in [4.69, 9.17) is 17.0 Å². The van der Waals surface area contributed by atoms with Gasteiger partial charge in [0.15, 0.2) is 5.11 Å². The summed E-state index contributed by atoms with van der Waals surface area (Å²) in [5.41, 5.74) is 1.33. The van der Waals surface area contributed by atoms with Crippen molar-refractivity contribution >= 4 is 29.0 Å². The van der Waals surface area contributed by atoms with Gasteiger partial charge in [0.25, 0.3) is 0 Å². The van der Waals surface area contributed by atoms with Gasteiger partial charge in [0, 0.05) is 11.7 Å². The largest absolute Gasteiger partial charge is 0.462 e. The van der Waals surface area contributed by atoms with Crippen LogP contribution >= 0.6 is 12.2 Å². The van der Waals surface area contributed by atoms with E-state index in [1.54, 1.807) is 19.1 Å². The summed E-state index contributed by atoms with van der Waals surface area (Å²) in [7, 11) is 0. The van der Waals surface area contributed by atoms with Crippen molar-refractivity contribution in [3.8, 4) is 0 Å². The van der Waals surface area contributed by atoms with Crippen LogP contribution in [0.5, 0.6) is 0 Å². The van der Waals surface area contributed by atoms with Gasteiger partial charge in [-0.1, -0.05) is 18.9 Å². The summed E-state index contributed by atoms with van der Waals surface area (Å²) in [6.07, 6.45) is 4.87. The molecule has 108 valence electrons. The lowest BCUT2D eigenvalue weighted by Gasteiger charge is -2.16. The standard InChI is InChI=1S/C15H20N2O2S/c1-2-19-14(18)11-6-5-9-13(10-11)17-15(20)16-12-7-3-4-8-12/h5-6,9-10,12H,2-4,7-8H2,1H3,(H2,16,17,20). The van der Waals surface area contributed by atoms with Crippen LogP contribution in [-0.2, 0) is 4.74 Å². The first-order valence-electron chi connectivity index (χ1n) is 7.03. The third-order valence-electron chi connectivity index (χ3n) is 3.32. The average Bonchev–Trinajstić information content (AvgIpc) is 2.92. The fourth-order valence-corrected chi connectivity index (χ4v) is 2.65. The van der Waals surface area contributed by atoms with E-state index in [9.17, 15) is 4.79 Å². The highest BCUT2D eigenvalue weighted by atomic mass is 32.1. The molecule has 1 saturated carbocycles. The van der Waals surface area contributed by atoms with E-state index in [0.717, 1.165) is 5.69 Å². The molecule has 1 aromatic rings. The summed E-state index contributed by atoms with van der Waals surface area (Å²) in [6.45, 7) is 2.17. The molecule has 4 nitrogen and oxygen atoms in total. The second-order valence-electron chi connectivity index (χ2n) is 4.88. The Morgan fingerprint density at radius 1 is 1.40 bits per heavy atom. The third kappa shape index (κ3) is 4.20. The lowest BCUT2D eigenvalue weighted by molar-refractivity contribution is 0.0526. The molecule has 0 aromatic heterocycles. The molecule has 0 amide bonds. The van der Waals surface area contributed by atoms with Gasteiger partial charge in [-0.3, -0.25) is 0 Å². The van der Waals surface area contributed by atoms with E-state index >= 15 is 0 Å². The maximum absolute atomic E-state index is 11.7. The van der Waals surface area contributed by atoms with Crippen LogP contribution in [0.2, 0.25) is 0 Å². The number of nitrogens with one attached hydrogen (secondary N) is 2. The van der Waals surface area contributed by atoms with Crippen molar-refractivity contribution in [3.05, 3.63) is 29.8 Å². The molecule has 0 spiro atoms. The predicted molar refractivity (Wildman–Crippen MR) is 84.0 cm³/mol. The third-order valence-corrected chi connectivity index (χ3v) is 3.54. The van der Waals surface area contributed by atoms with Crippen LogP contribution in [0.1, 0.15) is 43.0 Å². The highest BCUT2D eigenvalue weighted by Crippen LogP contribution is 2.18. The van der Waals surface area contributed by atoms with Crippen molar-refractivity contribution in [1.82, 2.24) is 5.32 Å². The Balaban J connectivity index is 1.93. The van der Waals surface area contributed by atoms with Crippen molar-refractivity contribution in [3.63, 3.8) is 0 Å². The van der Waals surface area contributed by atoms with Crippen molar-refractivity contribution in [2.45, 2.75) is 38.6 Å². The number of hydrogen-bond acceptors (Lipinski definition) is 3. The molecule has 20 heavy (non-hydrogen) atoms. The zero-order valence-corrected chi connectivity index (χ0v) is 12.5. The van der Waals surface area contributed by atoms with Crippen LogP contribution in [0.25, 0.3) is 0 Å². The van der Waals surface area contributed by atoms with Gasteiger partial charge in [0.1, 0.15) is 0 Å². The summed E-state index contributed by atoms with van der Waals surface area (Å²) < 4.78 is 4.98. The summed E-state index contributed by atoms with van der Waals surface area (Å²) in [6, 6.07) is 7.65. The summed E-state index contributed by atoms with van der Waals surface area (Å²) in [5.74, 6) is -0.314. The molecular formula is C15H20N2O2S.